The minimum absolute atomic E-state index is 0.157. The largest absolute Gasteiger partial charge is 0.497 e. The molecule has 0 saturated carbocycles. The van der Waals surface area contributed by atoms with E-state index in [-0.39, 0.29) is 18.9 Å². The van der Waals surface area contributed by atoms with Gasteiger partial charge >= 0.3 is 5.97 Å². The second-order valence-electron chi connectivity index (χ2n) is 8.49. The van der Waals surface area contributed by atoms with Crippen LogP contribution in [0.25, 0.3) is 0 Å². The maximum atomic E-state index is 13.6. The number of halogens is 1. The van der Waals surface area contributed by atoms with Crippen LogP contribution < -0.4 is 14.4 Å². The minimum atomic E-state index is -0.987. The van der Waals surface area contributed by atoms with Crippen molar-refractivity contribution in [3.8, 4) is 11.5 Å². The van der Waals surface area contributed by atoms with Gasteiger partial charge in [-0.3, -0.25) is 19.2 Å². The van der Waals surface area contributed by atoms with E-state index in [9.17, 15) is 19.2 Å². The molecule has 37 heavy (non-hydrogen) atoms. The number of rotatable bonds is 8. The first kappa shape index (κ1) is 25.9. The summed E-state index contributed by atoms with van der Waals surface area (Å²) in [6.07, 6.45) is 0.279. The topological polar surface area (TPSA) is 93.2 Å². The number of hydrogen-bond acceptors (Lipinski definition) is 6. The highest BCUT2D eigenvalue weighted by Crippen LogP contribution is 2.29. The Morgan fingerprint density at radius 2 is 1.73 bits per heavy atom. The van der Waals surface area contributed by atoms with Gasteiger partial charge < -0.3 is 14.4 Å². The Labute approximate surface area is 219 Å². The number of benzene rings is 3. The SMILES string of the molecule is COc1cccc(C(=O)N(CCc2cccc(Cl)c2)C2CC(=O)N(c3ccc(OC(C)=O)cc3)C2=O)c1. The van der Waals surface area contributed by atoms with Crippen LogP contribution in [0.2, 0.25) is 5.02 Å². The smallest absolute Gasteiger partial charge is 0.308 e. The van der Waals surface area contributed by atoms with Crippen LogP contribution in [0.1, 0.15) is 29.3 Å². The zero-order valence-corrected chi connectivity index (χ0v) is 21.1. The maximum absolute atomic E-state index is 13.6. The predicted molar refractivity (Wildman–Crippen MR) is 138 cm³/mol. The zero-order chi connectivity index (χ0) is 26.5. The molecular weight excluding hydrogens is 496 g/mol. The maximum Gasteiger partial charge on any atom is 0.308 e. The lowest BCUT2D eigenvalue weighted by molar-refractivity contribution is -0.132. The number of carbonyl (C=O) groups is 4. The number of esters is 1. The number of imide groups is 1. The molecule has 1 aliphatic rings. The zero-order valence-electron chi connectivity index (χ0n) is 20.3. The molecule has 9 heteroatoms. The second kappa shape index (κ2) is 11.3. The van der Waals surface area contributed by atoms with E-state index in [1.165, 1.54) is 43.2 Å². The van der Waals surface area contributed by atoms with Gasteiger partial charge in [-0.2, -0.15) is 0 Å². The van der Waals surface area contributed by atoms with Crippen LogP contribution in [0.15, 0.2) is 72.8 Å². The fraction of sp³-hybridized carbons (Fsp3) is 0.214. The van der Waals surface area contributed by atoms with Gasteiger partial charge in [0.05, 0.1) is 19.2 Å². The minimum Gasteiger partial charge on any atom is -0.497 e. The molecule has 0 N–H and O–H groups in total. The van der Waals surface area contributed by atoms with E-state index in [0.29, 0.717) is 34.2 Å². The van der Waals surface area contributed by atoms with E-state index in [2.05, 4.69) is 0 Å². The van der Waals surface area contributed by atoms with E-state index in [1.807, 2.05) is 12.1 Å². The molecule has 1 atom stereocenters. The van der Waals surface area contributed by atoms with Crippen LogP contribution in [0, 0.1) is 0 Å². The molecule has 0 aliphatic carbocycles. The van der Waals surface area contributed by atoms with E-state index >= 15 is 0 Å². The monoisotopic (exact) mass is 520 g/mol. The lowest BCUT2D eigenvalue weighted by atomic mass is 10.1. The van der Waals surface area contributed by atoms with Crippen molar-refractivity contribution in [2.75, 3.05) is 18.6 Å². The molecule has 1 saturated heterocycles. The standard InChI is InChI=1S/C28H25ClN2O6/c1-18(32)37-23-11-9-22(10-12-23)31-26(33)17-25(28(31)35)30(14-13-19-5-3-7-21(29)15-19)27(34)20-6-4-8-24(16-20)36-2/h3-12,15-16,25H,13-14,17H2,1-2H3. The number of carbonyl (C=O) groups excluding carboxylic acids is 4. The Hall–Kier alpha value is -4.17. The van der Waals surface area contributed by atoms with E-state index in [0.717, 1.165) is 10.5 Å². The third-order valence-corrected chi connectivity index (χ3v) is 6.20. The highest BCUT2D eigenvalue weighted by atomic mass is 35.5. The molecule has 3 amide bonds. The summed E-state index contributed by atoms with van der Waals surface area (Å²) in [6.45, 7) is 1.47. The van der Waals surface area contributed by atoms with Gasteiger partial charge in [0.1, 0.15) is 17.5 Å². The molecule has 0 aromatic heterocycles. The van der Waals surface area contributed by atoms with Crippen molar-refractivity contribution in [3.63, 3.8) is 0 Å². The first-order valence-electron chi connectivity index (χ1n) is 11.6. The summed E-state index contributed by atoms with van der Waals surface area (Å²) in [6, 6.07) is 19.0. The van der Waals surface area contributed by atoms with Crippen molar-refractivity contribution in [1.29, 1.82) is 0 Å². The van der Waals surface area contributed by atoms with Gasteiger partial charge in [-0.15, -0.1) is 0 Å². The van der Waals surface area contributed by atoms with E-state index < -0.39 is 23.8 Å². The van der Waals surface area contributed by atoms with Crippen molar-refractivity contribution in [3.05, 3.63) is 88.9 Å². The molecule has 1 heterocycles. The second-order valence-corrected chi connectivity index (χ2v) is 8.92. The first-order chi connectivity index (χ1) is 17.8. The van der Waals surface area contributed by atoms with Gasteiger partial charge in [0.15, 0.2) is 0 Å². The summed E-state index contributed by atoms with van der Waals surface area (Å²) in [5.74, 6) is -1.01. The quantitative estimate of drug-likeness (QED) is 0.250. The number of nitrogens with zero attached hydrogens (tertiary/aromatic N) is 2. The Morgan fingerprint density at radius 3 is 2.41 bits per heavy atom. The Morgan fingerprint density at radius 1 is 1.00 bits per heavy atom. The summed E-state index contributed by atoms with van der Waals surface area (Å²) in [4.78, 5) is 53.8. The number of amides is 3. The Kier molecular flexibility index (Phi) is 7.89. The van der Waals surface area contributed by atoms with Crippen LogP contribution >= 0.6 is 11.6 Å². The first-order valence-corrected chi connectivity index (χ1v) is 12.0. The lowest BCUT2D eigenvalue weighted by Crippen LogP contribution is -2.46. The highest BCUT2D eigenvalue weighted by molar-refractivity contribution is 6.30. The molecule has 1 fully saturated rings. The van der Waals surface area contributed by atoms with Gasteiger partial charge in [-0.05, 0) is 66.6 Å². The van der Waals surface area contributed by atoms with Crippen LogP contribution in [0.4, 0.5) is 5.69 Å². The summed E-state index contributed by atoms with van der Waals surface area (Å²) in [7, 11) is 1.50. The fourth-order valence-corrected chi connectivity index (χ4v) is 4.44. The third kappa shape index (κ3) is 5.98. The number of anilines is 1. The summed E-state index contributed by atoms with van der Waals surface area (Å²) < 4.78 is 10.3. The summed E-state index contributed by atoms with van der Waals surface area (Å²) >= 11 is 6.12. The van der Waals surface area contributed by atoms with Gasteiger partial charge in [-0.25, -0.2) is 4.90 Å². The van der Waals surface area contributed by atoms with Gasteiger partial charge in [-0.1, -0.05) is 29.8 Å². The van der Waals surface area contributed by atoms with E-state index in [1.54, 1.807) is 36.4 Å². The highest BCUT2D eigenvalue weighted by Gasteiger charge is 2.44. The van der Waals surface area contributed by atoms with Crippen molar-refractivity contribution < 1.29 is 28.7 Å². The normalized spacial score (nSPS) is 15.0. The van der Waals surface area contributed by atoms with Gasteiger partial charge in [0.25, 0.3) is 11.8 Å². The van der Waals surface area contributed by atoms with Crippen LogP contribution in [-0.2, 0) is 20.8 Å². The van der Waals surface area contributed by atoms with Crippen molar-refractivity contribution in [1.82, 2.24) is 4.90 Å². The average molecular weight is 521 g/mol. The lowest BCUT2D eigenvalue weighted by Gasteiger charge is -2.28. The van der Waals surface area contributed by atoms with Crippen molar-refractivity contribution in [2.24, 2.45) is 0 Å². The van der Waals surface area contributed by atoms with Gasteiger partial charge in [0, 0.05) is 24.1 Å². The van der Waals surface area contributed by atoms with E-state index in [4.69, 9.17) is 21.1 Å². The van der Waals surface area contributed by atoms with Crippen molar-refractivity contribution >= 4 is 41.0 Å². The molecule has 1 aliphatic heterocycles. The van der Waals surface area contributed by atoms with Crippen molar-refractivity contribution in [2.45, 2.75) is 25.8 Å². The number of ether oxygens (including phenoxy) is 2. The summed E-state index contributed by atoms with van der Waals surface area (Å²) in [5, 5.41) is 0.568. The third-order valence-electron chi connectivity index (χ3n) is 5.96. The molecule has 1 unspecified atom stereocenters. The Balaban J connectivity index is 1.62. The number of hydrogen-bond donors (Lipinski definition) is 0. The Bertz CT molecular complexity index is 1340. The van der Waals surface area contributed by atoms with Crippen LogP contribution in [-0.4, -0.2) is 48.3 Å². The molecule has 0 bridgehead atoms. The fourth-order valence-electron chi connectivity index (χ4n) is 4.22. The molecule has 4 rings (SSSR count). The van der Waals surface area contributed by atoms with Crippen LogP contribution in [0.5, 0.6) is 11.5 Å². The van der Waals surface area contributed by atoms with Gasteiger partial charge in [0.2, 0.25) is 5.91 Å². The predicted octanol–water partition coefficient (Wildman–Crippen LogP) is 4.29. The molecular formula is C28H25ClN2O6. The molecule has 190 valence electrons. The molecule has 0 spiro atoms. The molecule has 3 aromatic rings. The molecule has 3 aromatic carbocycles. The summed E-state index contributed by atoms with van der Waals surface area (Å²) in [5.41, 5.74) is 1.57. The average Bonchev–Trinajstić information content (AvgIpc) is 3.17. The number of methoxy groups -OCH3 is 1. The molecule has 0 radical (unpaired) electrons. The molecule has 8 nitrogen and oxygen atoms in total. The van der Waals surface area contributed by atoms with Crippen LogP contribution in [0.3, 0.4) is 0 Å².